The Morgan fingerprint density at radius 1 is 0.402 bits per heavy atom. The molecule has 0 radical (unpaired) electrons. The number of allylic oxidation sites excluding steroid dienone is 7. The van der Waals surface area contributed by atoms with E-state index in [-0.39, 0.29) is 18.9 Å². The van der Waals surface area contributed by atoms with Crippen LogP contribution in [0.4, 0.5) is 0 Å². The van der Waals surface area contributed by atoms with E-state index >= 15 is 0 Å². The number of unbranched alkanes of at least 4 members (excludes halogenated alkanes) is 30. The van der Waals surface area contributed by atoms with Gasteiger partial charge in [0.2, 0.25) is 5.91 Å². The van der Waals surface area contributed by atoms with Gasteiger partial charge in [-0.05, 0) is 70.6 Å². The molecule has 87 heavy (non-hydrogen) atoms. The van der Waals surface area contributed by atoms with Crippen LogP contribution in [0, 0.1) is 0 Å². The van der Waals surface area contributed by atoms with Gasteiger partial charge in [0.1, 0.15) is 73.2 Å². The highest BCUT2D eigenvalue weighted by Gasteiger charge is 2.53. The minimum atomic E-state index is -1.98. The summed E-state index contributed by atoms with van der Waals surface area (Å²) in [7, 11) is 0. The summed E-state index contributed by atoms with van der Waals surface area (Å²) in [6, 6.07) is -0.998. The van der Waals surface area contributed by atoms with Crippen LogP contribution in [-0.4, -0.2) is 193 Å². The minimum absolute atomic E-state index is 0.229. The average Bonchev–Trinajstić information content (AvgIpc) is 2.87. The predicted molar refractivity (Wildman–Crippen MR) is 337 cm³/mol. The maximum atomic E-state index is 13.4. The van der Waals surface area contributed by atoms with Gasteiger partial charge in [-0.2, -0.15) is 0 Å². The summed E-state index contributed by atoms with van der Waals surface area (Å²) in [5, 5.41) is 120. The SMILES string of the molecule is CCCCCCCC/C=C\CCCCCCCCCCCC(=O)NC(COC1OC(CO)C(OC2OC(CO)C(OC3OC(CO)C(O)C(O)C3O)C(O)C2O)C(O)C1O)C(O)/C=C/CC/C=C/CC/C=C/CCCCCCCCCCCCCCC. The third-order valence-electron chi connectivity index (χ3n) is 17.1. The summed E-state index contributed by atoms with van der Waals surface area (Å²) in [4.78, 5) is 13.4. The molecule has 3 aliphatic rings. The van der Waals surface area contributed by atoms with Gasteiger partial charge in [-0.15, -0.1) is 0 Å². The molecule has 0 aromatic heterocycles. The van der Waals surface area contributed by atoms with Crippen molar-refractivity contribution in [2.45, 2.75) is 349 Å². The number of hydrogen-bond donors (Lipinski definition) is 12. The lowest BCUT2D eigenvalue weighted by Gasteiger charge is -2.48. The van der Waals surface area contributed by atoms with E-state index in [2.05, 4.69) is 55.6 Å². The second kappa shape index (κ2) is 50.3. The van der Waals surface area contributed by atoms with Gasteiger partial charge < -0.3 is 89.9 Å². The molecule has 508 valence electrons. The molecular weight excluding hydrogens is 1120 g/mol. The molecular formula is C68H123NO18. The Kier molecular flexibility index (Phi) is 45.7. The van der Waals surface area contributed by atoms with Crippen LogP contribution in [0.3, 0.4) is 0 Å². The summed E-state index contributed by atoms with van der Waals surface area (Å²) in [5.41, 5.74) is 0. The second-order valence-corrected chi connectivity index (χ2v) is 24.6. The molecule has 0 spiro atoms. The fraction of sp³-hybridized carbons (Fsp3) is 0.868. The van der Waals surface area contributed by atoms with Crippen LogP contribution in [0.25, 0.3) is 0 Å². The number of hydrogen-bond acceptors (Lipinski definition) is 18. The van der Waals surface area contributed by atoms with E-state index < -0.39 is 124 Å². The normalized spacial score (nSPS) is 28.9. The summed E-state index contributed by atoms with van der Waals surface area (Å²) >= 11 is 0. The molecule has 0 saturated carbocycles. The topological polar surface area (TPSA) is 307 Å². The van der Waals surface area contributed by atoms with Crippen LogP contribution in [0.5, 0.6) is 0 Å². The Labute approximate surface area is 523 Å². The van der Waals surface area contributed by atoms with Crippen LogP contribution >= 0.6 is 0 Å². The first-order valence-corrected chi connectivity index (χ1v) is 34.4. The van der Waals surface area contributed by atoms with Crippen LogP contribution in [-0.2, 0) is 33.2 Å². The Bertz CT molecular complexity index is 1770. The van der Waals surface area contributed by atoms with Crippen molar-refractivity contribution >= 4 is 5.91 Å². The second-order valence-electron chi connectivity index (χ2n) is 24.6. The fourth-order valence-electron chi connectivity index (χ4n) is 11.5. The number of nitrogens with one attached hydrogen (secondary N) is 1. The molecule has 17 unspecified atom stereocenters. The molecule has 3 aliphatic heterocycles. The van der Waals surface area contributed by atoms with Gasteiger partial charge in [-0.1, -0.05) is 217 Å². The number of ether oxygens (including phenoxy) is 6. The number of aliphatic hydroxyl groups is 11. The third-order valence-corrected chi connectivity index (χ3v) is 17.1. The number of amides is 1. The molecule has 0 aliphatic carbocycles. The van der Waals surface area contributed by atoms with Crippen molar-refractivity contribution < 1.29 is 89.4 Å². The van der Waals surface area contributed by atoms with Crippen molar-refractivity contribution in [3.63, 3.8) is 0 Å². The largest absolute Gasteiger partial charge is 0.394 e. The van der Waals surface area contributed by atoms with Gasteiger partial charge >= 0.3 is 0 Å². The minimum Gasteiger partial charge on any atom is -0.394 e. The summed E-state index contributed by atoms with van der Waals surface area (Å²) in [6.45, 7) is 1.71. The van der Waals surface area contributed by atoms with E-state index in [1.807, 2.05) is 6.08 Å². The Hall–Kier alpha value is -2.25. The number of aliphatic hydroxyl groups excluding tert-OH is 11. The summed E-state index contributed by atoms with van der Waals surface area (Å²) < 4.78 is 34.3. The maximum absolute atomic E-state index is 13.4. The van der Waals surface area contributed by atoms with E-state index in [1.165, 1.54) is 154 Å². The highest BCUT2D eigenvalue weighted by molar-refractivity contribution is 5.76. The Morgan fingerprint density at radius 2 is 0.736 bits per heavy atom. The van der Waals surface area contributed by atoms with E-state index in [1.54, 1.807) is 6.08 Å². The molecule has 3 rings (SSSR count). The molecule has 0 aromatic rings. The van der Waals surface area contributed by atoms with Crippen molar-refractivity contribution in [1.29, 1.82) is 0 Å². The van der Waals surface area contributed by atoms with Gasteiger partial charge in [-0.25, -0.2) is 0 Å². The molecule has 3 fully saturated rings. The van der Waals surface area contributed by atoms with Crippen molar-refractivity contribution in [3.8, 4) is 0 Å². The van der Waals surface area contributed by atoms with E-state index in [4.69, 9.17) is 28.4 Å². The van der Waals surface area contributed by atoms with Crippen LogP contribution in [0.2, 0.25) is 0 Å². The number of carbonyl (C=O) groups excluding carboxylic acids is 1. The van der Waals surface area contributed by atoms with Gasteiger partial charge in [0.05, 0.1) is 38.6 Å². The van der Waals surface area contributed by atoms with Crippen LogP contribution in [0.1, 0.15) is 245 Å². The summed E-state index contributed by atoms with van der Waals surface area (Å²) in [6.07, 6.45) is 32.3. The van der Waals surface area contributed by atoms with Crippen molar-refractivity contribution in [3.05, 3.63) is 48.6 Å². The predicted octanol–water partition coefficient (Wildman–Crippen LogP) is 8.61. The summed E-state index contributed by atoms with van der Waals surface area (Å²) in [5.74, 6) is -0.291. The molecule has 3 saturated heterocycles. The average molecular weight is 1240 g/mol. The van der Waals surface area contributed by atoms with E-state index in [0.717, 1.165) is 57.8 Å². The quantitative estimate of drug-likeness (QED) is 0.0200. The molecule has 12 N–H and O–H groups in total. The molecule has 0 bridgehead atoms. The zero-order valence-corrected chi connectivity index (χ0v) is 53.5. The molecule has 17 atom stereocenters. The fourth-order valence-corrected chi connectivity index (χ4v) is 11.5. The molecule has 0 aromatic carbocycles. The first-order valence-electron chi connectivity index (χ1n) is 34.4. The van der Waals surface area contributed by atoms with Crippen LogP contribution < -0.4 is 5.32 Å². The van der Waals surface area contributed by atoms with Gasteiger partial charge in [0, 0.05) is 6.42 Å². The van der Waals surface area contributed by atoms with E-state index in [0.29, 0.717) is 12.8 Å². The highest BCUT2D eigenvalue weighted by atomic mass is 16.8. The molecule has 1 amide bonds. The lowest BCUT2D eigenvalue weighted by atomic mass is 9.96. The standard InChI is InChI=1S/C68H123NO18/c1-3-5-7-9-11-13-15-17-19-21-23-24-25-26-28-29-31-33-35-37-39-41-43-45-52(73)51(69-56(74)46-44-42-40-38-36-34-32-30-27-22-20-18-16-14-12-10-8-6-4-2)50-82-66-62(80)59(77)64(54(48-71)84-66)87-68-63(81)60(78)65(55(49-72)85-68)86-67-61(79)58(76)57(75)53(47-70)83-67/h18,20,28-29,35,37,43,45,51-55,57-68,70-73,75-81H,3-17,19,21-27,30-34,36,38-42,44,46-50H2,1-2H3,(H,69,74)/b20-18-,29-28+,37-35+,45-43+. The van der Waals surface area contributed by atoms with Crippen molar-refractivity contribution in [2.75, 3.05) is 26.4 Å². The molecule has 19 nitrogen and oxygen atoms in total. The monoisotopic (exact) mass is 1240 g/mol. The lowest BCUT2D eigenvalue weighted by molar-refractivity contribution is -0.379. The van der Waals surface area contributed by atoms with Crippen molar-refractivity contribution in [1.82, 2.24) is 5.32 Å². The number of carbonyl (C=O) groups is 1. The highest BCUT2D eigenvalue weighted by Crippen LogP contribution is 2.33. The first kappa shape index (κ1) is 79.0. The van der Waals surface area contributed by atoms with Crippen molar-refractivity contribution in [2.24, 2.45) is 0 Å². The van der Waals surface area contributed by atoms with Gasteiger partial charge in [0.25, 0.3) is 0 Å². The first-order chi connectivity index (χ1) is 42.3. The van der Waals surface area contributed by atoms with Gasteiger partial charge in [-0.3, -0.25) is 4.79 Å². The number of rotatable bonds is 52. The third kappa shape index (κ3) is 32.7. The smallest absolute Gasteiger partial charge is 0.220 e. The molecule has 19 heteroatoms. The Balaban J connectivity index is 1.47. The lowest BCUT2D eigenvalue weighted by Crippen LogP contribution is -2.66. The molecule has 3 heterocycles. The van der Waals surface area contributed by atoms with Gasteiger partial charge in [0.15, 0.2) is 18.9 Å². The Morgan fingerprint density at radius 3 is 1.15 bits per heavy atom. The zero-order valence-electron chi connectivity index (χ0n) is 53.5. The van der Waals surface area contributed by atoms with Crippen LogP contribution in [0.15, 0.2) is 48.6 Å². The zero-order chi connectivity index (χ0) is 63.3. The van der Waals surface area contributed by atoms with E-state index in [9.17, 15) is 61.0 Å². The maximum Gasteiger partial charge on any atom is 0.220 e.